The standard InChI is InChI=1S/C23H23N3O7S/c1-12-10-13(2)26(25-12)16-8-6-15(7-9-16)21(28)33-11-17(27)24-20-18(22(29)31-4)14(3)19(34-20)23(30)32-5/h6-10H,11H2,1-5H3,(H,24,27). The van der Waals surface area contributed by atoms with Gasteiger partial charge in [0.15, 0.2) is 6.61 Å². The van der Waals surface area contributed by atoms with Crippen LogP contribution in [0.1, 0.15) is 47.3 Å². The van der Waals surface area contributed by atoms with Crippen LogP contribution in [0.3, 0.4) is 0 Å². The van der Waals surface area contributed by atoms with Crippen molar-refractivity contribution >= 4 is 40.2 Å². The van der Waals surface area contributed by atoms with E-state index >= 15 is 0 Å². The molecule has 2 aromatic heterocycles. The molecule has 0 unspecified atom stereocenters. The lowest BCUT2D eigenvalue weighted by Crippen LogP contribution is -2.21. The van der Waals surface area contributed by atoms with Crippen molar-refractivity contribution in [3.8, 4) is 5.69 Å². The third-order valence-corrected chi connectivity index (χ3v) is 6.04. The van der Waals surface area contributed by atoms with Gasteiger partial charge in [0, 0.05) is 5.69 Å². The molecule has 2 heterocycles. The summed E-state index contributed by atoms with van der Waals surface area (Å²) in [4.78, 5) is 49.0. The molecule has 0 saturated heterocycles. The molecule has 11 heteroatoms. The van der Waals surface area contributed by atoms with E-state index in [1.54, 1.807) is 35.9 Å². The number of carbonyl (C=O) groups excluding carboxylic acids is 4. The van der Waals surface area contributed by atoms with E-state index in [0.29, 0.717) is 5.56 Å². The van der Waals surface area contributed by atoms with Gasteiger partial charge in [-0.15, -0.1) is 11.3 Å². The molecule has 1 N–H and O–H groups in total. The SMILES string of the molecule is COC(=O)c1sc(NC(=O)COC(=O)c2ccc(-n3nc(C)cc3C)cc2)c(C(=O)OC)c1C. The van der Waals surface area contributed by atoms with Gasteiger partial charge in [-0.25, -0.2) is 19.1 Å². The summed E-state index contributed by atoms with van der Waals surface area (Å²) in [5.41, 5.74) is 3.22. The average Bonchev–Trinajstić information content (AvgIpc) is 3.34. The average molecular weight is 486 g/mol. The zero-order chi connectivity index (χ0) is 25.0. The number of thiophene rings is 1. The van der Waals surface area contributed by atoms with Crippen LogP contribution in [0.15, 0.2) is 30.3 Å². The molecule has 0 aliphatic carbocycles. The number of aryl methyl sites for hydroxylation is 2. The Morgan fingerprint density at radius 2 is 1.62 bits per heavy atom. The van der Waals surface area contributed by atoms with Crippen LogP contribution in [0.25, 0.3) is 5.69 Å². The molecule has 3 aromatic rings. The van der Waals surface area contributed by atoms with Crippen molar-refractivity contribution in [1.82, 2.24) is 9.78 Å². The van der Waals surface area contributed by atoms with Gasteiger partial charge in [-0.3, -0.25) is 4.79 Å². The van der Waals surface area contributed by atoms with Crippen LogP contribution in [0.4, 0.5) is 5.00 Å². The predicted octanol–water partition coefficient (Wildman–Crippen LogP) is 3.23. The molecular formula is C23H23N3O7S. The first kappa shape index (κ1) is 24.6. The molecule has 0 spiro atoms. The van der Waals surface area contributed by atoms with E-state index in [1.807, 2.05) is 19.9 Å². The third kappa shape index (κ3) is 5.15. The number of rotatable bonds is 7. The van der Waals surface area contributed by atoms with Gasteiger partial charge in [0.1, 0.15) is 9.88 Å². The zero-order valence-corrected chi connectivity index (χ0v) is 20.1. The van der Waals surface area contributed by atoms with Crippen LogP contribution >= 0.6 is 11.3 Å². The molecule has 0 aliphatic rings. The van der Waals surface area contributed by atoms with Gasteiger partial charge in [0.25, 0.3) is 5.91 Å². The Balaban J connectivity index is 1.67. The predicted molar refractivity (Wildman–Crippen MR) is 124 cm³/mol. The summed E-state index contributed by atoms with van der Waals surface area (Å²) in [6, 6.07) is 8.54. The van der Waals surface area contributed by atoms with Gasteiger partial charge in [-0.1, -0.05) is 0 Å². The number of hydrogen-bond donors (Lipinski definition) is 1. The molecule has 0 saturated carbocycles. The smallest absolute Gasteiger partial charge is 0.348 e. The Labute approximate surface area is 199 Å². The number of aromatic nitrogens is 2. The lowest BCUT2D eigenvalue weighted by atomic mass is 10.1. The summed E-state index contributed by atoms with van der Waals surface area (Å²) in [6.07, 6.45) is 0. The second-order valence-electron chi connectivity index (χ2n) is 7.25. The highest BCUT2D eigenvalue weighted by molar-refractivity contribution is 7.18. The minimum Gasteiger partial charge on any atom is -0.465 e. The molecule has 178 valence electrons. The summed E-state index contributed by atoms with van der Waals surface area (Å²) in [7, 11) is 2.39. The van der Waals surface area contributed by atoms with Crippen LogP contribution in [0.5, 0.6) is 0 Å². The van der Waals surface area contributed by atoms with E-state index in [9.17, 15) is 19.2 Å². The molecule has 1 amide bonds. The number of benzene rings is 1. The monoisotopic (exact) mass is 485 g/mol. The maximum absolute atomic E-state index is 12.4. The number of ether oxygens (including phenoxy) is 3. The Morgan fingerprint density at radius 1 is 0.971 bits per heavy atom. The van der Waals surface area contributed by atoms with E-state index in [-0.39, 0.29) is 21.0 Å². The number of methoxy groups -OCH3 is 2. The van der Waals surface area contributed by atoms with Gasteiger partial charge in [0.2, 0.25) is 0 Å². The first-order valence-corrected chi connectivity index (χ1v) is 10.9. The minimum absolute atomic E-state index is 0.0346. The van der Waals surface area contributed by atoms with Gasteiger partial charge < -0.3 is 19.5 Å². The van der Waals surface area contributed by atoms with E-state index < -0.39 is 30.4 Å². The number of nitrogens with one attached hydrogen (secondary N) is 1. The molecule has 0 aliphatic heterocycles. The lowest BCUT2D eigenvalue weighted by Gasteiger charge is -2.08. The number of amides is 1. The highest BCUT2D eigenvalue weighted by Gasteiger charge is 2.27. The number of anilines is 1. The van der Waals surface area contributed by atoms with E-state index in [0.717, 1.165) is 28.4 Å². The molecular weight excluding hydrogens is 462 g/mol. The summed E-state index contributed by atoms with van der Waals surface area (Å²) in [5.74, 6) is -2.75. The quantitative estimate of drug-likeness (QED) is 0.399. The van der Waals surface area contributed by atoms with Crippen molar-refractivity contribution in [1.29, 1.82) is 0 Å². The second kappa shape index (κ2) is 10.3. The van der Waals surface area contributed by atoms with E-state index in [4.69, 9.17) is 14.2 Å². The Morgan fingerprint density at radius 3 is 2.18 bits per heavy atom. The summed E-state index contributed by atoms with van der Waals surface area (Å²) >= 11 is 0.868. The largest absolute Gasteiger partial charge is 0.465 e. The van der Waals surface area contributed by atoms with Crippen molar-refractivity contribution in [2.75, 3.05) is 26.1 Å². The fraction of sp³-hybridized carbons (Fsp3) is 0.261. The zero-order valence-electron chi connectivity index (χ0n) is 19.3. The maximum Gasteiger partial charge on any atom is 0.348 e. The summed E-state index contributed by atoms with van der Waals surface area (Å²) in [6.45, 7) is 4.77. The first-order valence-electron chi connectivity index (χ1n) is 10.1. The molecule has 1 aromatic carbocycles. The second-order valence-corrected chi connectivity index (χ2v) is 8.27. The van der Waals surface area contributed by atoms with Gasteiger partial charge in [0.05, 0.1) is 36.7 Å². The summed E-state index contributed by atoms with van der Waals surface area (Å²) in [5, 5.41) is 6.98. The van der Waals surface area contributed by atoms with Crippen molar-refractivity contribution < 1.29 is 33.4 Å². The fourth-order valence-electron chi connectivity index (χ4n) is 3.24. The van der Waals surface area contributed by atoms with Crippen molar-refractivity contribution in [3.63, 3.8) is 0 Å². The van der Waals surface area contributed by atoms with Crippen molar-refractivity contribution in [2.24, 2.45) is 0 Å². The topological polar surface area (TPSA) is 126 Å². The molecule has 34 heavy (non-hydrogen) atoms. The van der Waals surface area contributed by atoms with E-state index in [1.165, 1.54) is 14.2 Å². The van der Waals surface area contributed by atoms with Crippen LogP contribution in [-0.2, 0) is 19.0 Å². The van der Waals surface area contributed by atoms with Gasteiger partial charge >= 0.3 is 17.9 Å². The Bertz CT molecular complexity index is 1260. The van der Waals surface area contributed by atoms with Crippen LogP contribution < -0.4 is 5.32 Å². The molecule has 0 radical (unpaired) electrons. The Kier molecular flexibility index (Phi) is 7.47. The number of hydrogen-bond acceptors (Lipinski definition) is 9. The number of nitrogens with zero attached hydrogens (tertiary/aromatic N) is 2. The first-order chi connectivity index (χ1) is 16.2. The minimum atomic E-state index is -0.723. The number of esters is 3. The van der Waals surface area contributed by atoms with Crippen LogP contribution in [0, 0.1) is 20.8 Å². The fourth-order valence-corrected chi connectivity index (χ4v) is 4.37. The summed E-state index contributed by atoms with van der Waals surface area (Å²) < 4.78 is 16.3. The van der Waals surface area contributed by atoms with Gasteiger partial charge in [-0.2, -0.15) is 5.10 Å². The number of carbonyl (C=O) groups is 4. The highest BCUT2D eigenvalue weighted by Crippen LogP contribution is 2.34. The highest BCUT2D eigenvalue weighted by atomic mass is 32.1. The normalized spacial score (nSPS) is 10.5. The van der Waals surface area contributed by atoms with Crippen molar-refractivity contribution in [2.45, 2.75) is 20.8 Å². The van der Waals surface area contributed by atoms with Crippen molar-refractivity contribution in [3.05, 3.63) is 63.3 Å². The molecule has 10 nitrogen and oxygen atoms in total. The van der Waals surface area contributed by atoms with Gasteiger partial charge in [-0.05, 0) is 56.7 Å². The Hall–Kier alpha value is -3.99. The molecule has 0 bridgehead atoms. The maximum atomic E-state index is 12.4. The molecule has 0 atom stereocenters. The van der Waals surface area contributed by atoms with Crippen LogP contribution in [0.2, 0.25) is 0 Å². The third-order valence-electron chi connectivity index (χ3n) is 4.85. The van der Waals surface area contributed by atoms with E-state index in [2.05, 4.69) is 10.4 Å². The van der Waals surface area contributed by atoms with Crippen LogP contribution in [-0.4, -0.2) is 54.4 Å². The molecule has 0 fully saturated rings. The lowest BCUT2D eigenvalue weighted by molar-refractivity contribution is -0.119. The molecule has 3 rings (SSSR count).